The number of ether oxygens (including phenoxy) is 1. The fraction of sp³-hybridized carbons (Fsp3) is 1.00. The molecule has 0 fully saturated rings. The van der Waals surface area contributed by atoms with Gasteiger partial charge < -0.3 is 14.5 Å². The van der Waals surface area contributed by atoms with Crippen LogP contribution in [-0.2, 0) is 13.8 Å². The summed E-state index contributed by atoms with van der Waals surface area (Å²) in [4.78, 5) is 17.0. The van der Waals surface area contributed by atoms with Gasteiger partial charge in [-0.15, -0.1) is 0 Å². The van der Waals surface area contributed by atoms with E-state index in [9.17, 15) is 4.57 Å². The molecule has 28 heavy (non-hydrogen) atoms. The lowest BCUT2D eigenvalue weighted by atomic mass is 10.0. The van der Waals surface area contributed by atoms with E-state index in [4.69, 9.17) is 14.5 Å². The first-order valence-corrected chi connectivity index (χ1v) is 13.4. The number of hydrogen-bond donors (Lipinski definition) is 2. The summed E-state index contributed by atoms with van der Waals surface area (Å²) in [5.74, 6) is 0. The highest BCUT2D eigenvalue weighted by molar-refractivity contribution is 7.46. The number of rotatable bonds is 23. The lowest BCUT2D eigenvalue weighted by Crippen LogP contribution is -2.04. The predicted molar refractivity (Wildman–Crippen MR) is 118 cm³/mol. The summed E-state index contributed by atoms with van der Waals surface area (Å²) in [6, 6.07) is 0. The fourth-order valence-electron chi connectivity index (χ4n) is 3.42. The van der Waals surface area contributed by atoms with Gasteiger partial charge in [-0.05, 0) is 6.42 Å². The Labute approximate surface area is 174 Å². The molecule has 0 amide bonds. The third-order valence-corrected chi connectivity index (χ3v) is 5.65. The van der Waals surface area contributed by atoms with Crippen molar-refractivity contribution in [2.45, 2.75) is 122 Å². The molecule has 6 heteroatoms. The second-order valence-electron chi connectivity index (χ2n) is 7.95. The van der Waals surface area contributed by atoms with Crippen molar-refractivity contribution < 1.29 is 23.6 Å². The van der Waals surface area contributed by atoms with Crippen molar-refractivity contribution >= 4 is 7.82 Å². The molecule has 0 aromatic carbocycles. The molecule has 0 rings (SSSR count). The second-order valence-corrected chi connectivity index (χ2v) is 9.19. The van der Waals surface area contributed by atoms with E-state index in [1.165, 1.54) is 103 Å². The summed E-state index contributed by atoms with van der Waals surface area (Å²) in [5, 5.41) is 0. The maximum absolute atomic E-state index is 10.5. The summed E-state index contributed by atoms with van der Waals surface area (Å²) in [6.07, 6.45) is 24.4. The summed E-state index contributed by atoms with van der Waals surface area (Å²) in [5.41, 5.74) is 0. The molecule has 0 aliphatic rings. The van der Waals surface area contributed by atoms with Crippen LogP contribution in [0.1, 0.15) is 122 Å². The third kappa shape index (κ3) is 26.1. The molecule has 170 valence electrons. The van der Waals surface area contributed by atoms with Crippen molar-refractivity contribution in [2.24, 2.45) is 0 Å². The van der Waals surface area contributed by atoms with Gasteiger partial charge in [0.1, 0.15) is 0 Å². The Morgan fingerprint density at radius 2 is 0.893 bits per heavy atom. The molecule has 0 saturated carbocycles. The SMILES string of the molecule is CCCCCCCCCCCCCCCCCCCCOCCOP(=O)(O)O. The van der Waals surface area contributed by atoms with Crippen LogP contribution in [0.4, 0.5) is 0 Å². The highest BCUT2D eigenvalue weighted by Crippen LogP contribution is 2.35. The van der Waals surface area contributed by atoms with Crippen LogP contribution in [0.15, 0.2) is 0 Å². The number of phosphoric acid groups is 1. The van der Waals surface area contributed by atoms with Gasteiger partial charge in [0.2, 0.25) is 0 Å². The van der Waals surface area contributed by atoms with Crippen molar-refractivity contribution in [3.05, 3.63) is 0 Å². The van der Waals surface area contributed by atoms with Gasteiger partial charge in [0.05, 0.1) is 13.2 Å². The zero-order valence-corrected chi connectivity index (χ0v) is 19.3. The van der Waals surface area contributed by atoms with Crippen molar-refractivity contribution in [1.82, 2.24) is 0 Å². The Morgan fingerprint density at radius 3 is 1.25 bits per heavy atom. The maximum atomic E-state index is 10.5. The van der Waals surface area contributed by atoms with Crippen LogP contribution in [0.3, 0.4) is 0 Å². The Morgan fingerprint density at radius 1 is 0.536 bits per heavy atom. The van der Waals surface area contributed by atoms with Crippen LogP contribution in [0.25, 0.3) is 0 Å². The minimum atomic E-state index is -4.34. The van der Waals surface area contributed by atoms with E-state index in [1.54, 1.807) is 0 Å². The lowest BCUT2D eigenvalue weighted by Gasteiger charge is -2.06. The molecule has 2 N–H and O–H groups in total. The standard InChI is InChI=1S/C22H47O5P/c1-2-3-4-5-6-7-8-9-10-11-12-13-14-15-16-17-18-19-20-26-21-22-27-28(23,24)25/h2-22H2,1H3,(H2,23,24,25). The first-order valence-electron chi connectivity index (χ1n) is 11.8. The van der Waals surface area contributed by atoms with Crippen LogP contribution in [0.2, 0.25) is 0 Å². The molecule has 0 aliphatic carbocycles. The van der Waals surface area contributed by atoms with Crippen molar-refractivity contribution in [1.29, 1.82) is 0 Å². The normalized spacial score (nSPS) is 12.0. The Kier molecular flexibility index (Phi) is 21.8. The Hall–Kier alpha value is 0.0700. The van der Waals surface area contributed by atoms with Gasteiger partial charge in [-0.2, -0.15) is 0 Å². The van der Waals surface area contributed by atoms with Crippen molar-refractivity contribution in [2.75, 3.05) is 19.8 Å². The van der Waals surface area contributed by atoms with Gasteiger partial charge in [-0.25, -0.2) is 4.57 Å². The molecule has 0 aliphatic heterocycles. The molecule has 0 spiro atoms. The van der Waals surface area contributed by atoms with Gasteiger partial charge >= 0.3 is 7.82 Å². The Balaban J connectivity index is 3.02. The second kappa shape index (κ2) is 21.8. The first kappa shape index (κ1) is 28.1. The average molecular weight is 423 g/mol. The molecule has 0 saturated heterocycles. The van der Waals surface area contributed by atoms with Crippen LogP contribution in [0.5, 0.6) is 0 Å². The van der Waals surface area contributed by atoms with E-state index in [0.717, 1.165) is 12.8 Å². The molecule has 0 aromatic rings. The van der Waals surface area contributed by atoms with Crippen LogP contribution in [-0.4, -0.2) is 29.6 Å². The fourth-order valence-corrected chi connectivity index (χ4v) is 3.74. The van der Waals surface area contributed by atoms with Crippen LogP contribution >= 0.6 is 7.82 Å². The molecule has 0 radical (unpaired) electrons. The number of phosphoric ester groups is 1. The van der Waals surface area contributed by atoms with Crippen LogP contribution < -0.4 is 0 Å². The monoisotopic (exact) mass is 422 g/mol. The highest BCUT2D eigenvalue weighted by Gasteiger charge is 2.12. The Bertz CT molecular complexity index is 346. The molecule has 0 heterocycles. The zero-order chi connectivity index (χ0) is 20.8. The maximum Gasteiger partial charge on any atom is 0.469 e. The number of hydrogen-bond acceptors (Lipinski definition) is 3. The summed E-state index contributed by atoms with van der Waals surface area (Å²) in [7, 11) is -4.34. The highest BCUT2D eigenvalue weighted by atomic mass is 31.2. The minimum absolute atomic E-state index is 0.0523. The minimum Gasteiger partial charge on any atom is -0.379 e. The van der Waals surface area contributed by atoms with Gasteiger partial charge in [0, 0.05) is 6.61 Å². The van der Waals surface area contributed by atoms with Gasteiger partial charge in [0.25, 0.3) is 0 Å². The van der Waals surface area contributed by atoms with E-state index in [1.807, 2.05) is 0 Å². The quantitative estimate of drug-likeness (QED) is 0.135. The van der Waals surface area contributed by atoms with E-state index < -0.39 is 7.82 Å². The van der Waals surface area contributed by atoms with E-state index in [-0.39, 0.29) is 13.2 Å². The largest absolute Gasteiger partial charge is 0.469 e. The number of unbranched alkanes of at least 4 members (excludes halogenated alkanes) is 17. The van der Waals surface area contributed by atoms with E-state index in [2.05, 4.69) is 11.4 Å². The molecule has 0 aromatic heterocycles. The molecular formula is C22H47O5P. The molecular weight excluding hydrogens is 375 g/mol. The van der Waals surface area contributed by atoms with Gasteiger partial charge in [-0.3, -0.25) is 4.52 Å². The van der Waals surface area contributed by atoms with E-state index in [0.29, 0.717) is 6.61 Å². The first-order chi connectivity index (χ1) is 13.6. The van der Waals surface area contributed by atoms with Crippen LogP contribution in [0, 0.1) is 0 Å². The summed E-state index contributed by atoms with van der Waals surface area (Å²) >= 11 is 0. The van der Waals surface area contributed by atoms with Crippen molar-refractivity contribution in [3.63, 3.8) is 0 Å². The smallest absolute Gasteiger partial charge is 0.379 e. The van der Waals surface area contributed by atoms with Gasteiger partial charge in [-0.1, -0.05) is 116 Å². The average Bonchev–Trinajstić information content (AvgIpc) is 2.65. The molecule has 0 bridgehead atoms. The molecule has 5 nitrogen and oxygen atoms in total. The third-order valence-electron chi connectivity index (χ3n) is 5.13. The predicted octanol–water partition coefficient (Wildman–Crippen LogP) is 7.15. The van der Waals surface area contributed by atoms with Crippen molar-refractivity contribution in [3.8, 4) is 0 Å². The molecule has 0 atom stereocenters. The lowest BCUT2D eigenvalue weighted by molar-refractivity contribution is 0.0831. The van der Waals surface area contributed by atoms with Gasteiger partial charge in [0.15, 0.2) is 0 Å². The topological polar surface area (TPSA) is 76.0 Å². The zero-order valence-electron chi connectivity index (χ0n) is 18.4. The molecule has 0 unspecified atom stereocenters. The summed E-state index contributed by atoms with van der Waals surface area (Å²) < 4.78 is 20.1. The summed E-state index contributed by atoms with van der Waals surface area (Å²) in [6.45, 7) is 3.11. The van der Waals surface area contributed by atoms with E-state index >= 15 is 0 Å².